The molecule has 1 aliphatic rings. The van der Waals surface area contributed by atoms with Gasteiger partial charge in [-0.2, -0.15) is 0 Å². The lowest BCUT2D eigenvalue weighted by molar-refractivity contribution is 0.0936. The maximum absolute atomic E-state index is 11.9. The van der Waals surface area contributed by atoms with E-state index in [1.54, 1.807) is 18.3 Å². The van der Waals surface area contributed by atoms with Crippen LogP contribution in [0.15, 0.2) is 33.0 Å². The van der Waals surface area contributed by atoms with Crippen molar-refractivity contribution in [3.63, 3.8) is 0 Å². The van der Waals surface area contributed by atoms with Crippen LogP contribution in [0.3, 0.4) is 0 Å². The third-order valence-electron chi connectivity index (χ3n) is 1.95. The molecule has 1 aromatic heterocycles. The highest BCUT2D eigenvalue weighted by Crippen LogP contribution is 2.23. The summed E-state index contributed by atoms with van der Waals surface area (Å²) in [6.45, 7) is 0.579. The molecule has 0 aliphatic carbocycles. The van der Waals surface area contributed by atoms with Crippen LogP contribution in [0.1, 0.15) is 16.9 Å². The Hall–Kier alpha value is -0.680. The summed E-state index contributed by atoms with van der Waals surface area (Å²) in [4.78, 5) is 15.9. The van der Waals surface area contributed by atoms with E-state index < -0.39 is 0 Å². The van der Waals surface area contributed by atoms with Gasteiger partial charge in [0, 0.05) is 21.6 Å². The molecule has 0 N–H and O–H groups in total. The van der Waals surface area contributed by atoms with Gasteiger partial charge in [-0.3, -0.25) is 9.78 Å². The molecule has 0 atom stereocenters. The van der Waals surface area contributed by atoms with Gasteiger partial charge in [-0.25, -0.2) is 0 Å². The van der Waals surface area contributed by atoms with E-state index in [9.17, 15) is 4.79 Å². The van der Waals surface area contributed by atoms with Crippen molar-refractivity contribution in [2.45, 2.75) is 6.42 Å². The first-order valence-corrected chi connectivity index (χ1v) is 5.96. The second-order valence-electron chi connectivity index (χ2n) is 3.02. The van der Waals surface area contributed by atoms with Crippen LogP contribution in [0.25, 0.3) is 0 Å². The Morgan fingerprint density at radius 2 is 2.27 bits per heavy atom. The van der Waals surface area contributed by atoms with E-state index >= 15 is 0 Å². The van der Waals surface area contributed by atoms with E-state index in [0.717, 1.165) is 10.9 Å². The smallest absolute Gasteiger partial charge is 0.246 e. The Morgan fingerprint density at radius 1 is 1.47 bits per heavy atom. The number of rotatable bonds is 2. The third kappa shape index (κ3) is 2.29. The van der Waals surface area contributed by atoms with Crippen molar-refractivity contribution in [1.29, 1.82) is 0 Å². The molecule has 1 aromatic rings. The molecule has 0 saturated carbocycles. The fraction of sp³-hybridized carbons (Fsp3) is 0.200. The summed E-state index contributed by atoms with van der Waals surface area (Å²) in [5.74, 6) is 0.220. The molecular formula is C10H7Br2NO2. The third-order valence-corrected chi connectivity index (χ3v) is 2.99. The number of allylic oxidation sites excluding steroid dienone is 1. The number of hydrogen-bond acceptors (Lipinski definition) is 3. The fourth-order valence-corrected chi connectivity index (χ4v) is 2.44. The average Bonchev–Trinajstić information content (AvgIpc) is 2.69. The number of ether oxygens (including phenoxy) is 1. The molecule has 3 nitrogen and oxygen atoms in total. The van der Waals surface area contributed by atoms with Crippen LogP contribution in [0, 0.1) is 0 Å². The number of carbonyl (C=O) groups is 1. The second kappa shape index (κ2) is 4.45. The van der Waals surface area contributed by atoms with Crippen molar-refractivity contribution in [1.82, 2.24) is 4.98 Å². The van der Waals surface area contributed by atoms with E-state index in [0.29, 0.717) is 22.5 Å². The predicted molar refractivity (Wildman–Crippen MR) is 62.6 cm³/mol. The Balaban J connectivity index is 2.33. The Morgan fingerprint density at radius 3 is 2.87 bits per heavy atom. The van der Waals surface area contributed by atoms with Crippen molar-refractivity contribution in [3.05, 3.63) is 38.7 Å². The van der Waals surface area contributed by atoms with Crippen molar-refractivity contribution in [3.8, 4) is 0 Å². The summed E-state index contributed by atoms with van der Waals surface area (Å²) in [5, 5.41) is 0. The summed E-state index contributed by atoms with van der Waals surface area (Å²) in [6, 6.07) is 1.79. The van der Waals surface area contributed by atoms with E-state index in [4.69, 9.17) is 4.74 Å². The fourth-order valence-electron chi connectivity index (χ4n) is 1.27. The van der Waals surface area contributed by atoms with E-state index in [-0.39, 0.29) is 5.78 Å². The minimum Gasteiger partial charge on any atom is -0.489 e. The molecule has 2 rings (SSSR count). The zero-order valence-electron chi connectivity index (χ0n) is 7.67. The molecule has 15 heavy (non-hydrogen) atoms. The molecule has 0 aromatic carbocycles. The average molecular weight is 333 g/mol. The molecular weight excluding hydrogens is 326 g/mol. The van der Waals surface area contributed by atoms with Crippen LogP contribution in [0.5, 0.6) is 0 Å². The Labute approximate surface area is 104 Å². The molecule has 2 heterocycles. The number of nitrogens with zero attached hydrogens (tertiary/aromatic N) is 1. The number of aromatic nitrogens is 1. The van der Waals surface area contributed by atoms with Gasteiger partial charge in [0.1, 0.15) is 5.69 Å². The zero-order chi connectivity index (χ0) is 10.8. The van der Waals surface area contributed by atoms with Gasteiger partial charge in [-0.05, 0) is 44.0 Å². The molecule has 0 unspecified atom stereocenters. The van der Waals surface area contributed by atoms with E-state index in [1.165, 1.54) is 0 Å². The number of ketones is 1. The minimum atomic E-state index is -0.174. The monoisotopic (exact) mass is 331 g/mol. The molecule has 0 radical (unpaired) electrons. The number of pyridine rings is 1. The molecule has 5 heteroatoms. The van der Waals surface area contributed by atoms with Crippen molar-refractivity contribution in [2.24, 2.45) is 0 Å². The summed E-state index contributed by atoms with van der Waals surface area (Å²) in [7, 11) is 0. The molecule has 0 saturated heterocycles. The topological polar surface area (TPSA) is 39.2 Å². The molecule has 0 fully saturated rings. The lowest BCUT2D eigenvalue weighted by atomic mass is 10.2. The van der Waals surface area contributed by atoms with Crippen LogP contribution in [-0.4, -0.2) is 17.4 Å². The first-order valence-electron chi connectivity index (χ1n) is 4.37. The van der Waals surface area contributed by atoms with E-state index in [1.807, 2.05) is 0 Å². The van der Waals surface area contributed by atoms with Crippen LogP contribution >= 0.6 is 31.9 Å². The first kappa shape index (κ1) is 10.8. The van der Waals surface area contributed by atoms with Gasteiger partial charge in [-0.15, -0.1) is 0 Å². The number of Topliss-reactive ketones (excluding diaryl/α,β-unsaturated/α-hetero) is 1. The van der Waals surface area contributed by atoms with E-state index in [2.05, 4.69) is 36.8 Å². The van der Waals surface area contributed by atoms with Gasteiger partial charge in [0.05, 0.1) is 6.61 Å². The molecule has 0 bridgehead atoms. The van der Waals surface area contributed by atoms with Gasteiger partial charge < -0.3 is 4.74 Å². The highest BCUT2D eigenvalue weighted by atomic mass is 79.9. The maximum Gasteiger partial charge on any atom is 0.246 e. The second-order valence-corrected chi connectivity index (χ2v) is 4.79. The quantitative estimate of drug-likeness (QED) is 0.781. The molecule has 78 valence electrons. The first-order chi connectivity index (χ1) is 7.18. The van der Waals surface area contributed by atoms with Gasteiger partial charge >= 0.3 is 0 Å². The lowest BCUT2D eigenvalue weighted by Gasteiger charge is -2.04. The Kier molecular flexibility index (Phi) is 3.21. The summed E-state index contributed by atoms with van der Waals surface area (Å²) >= 11 is 6.58. The summed E-state index contributed by atoms with van der Waals surface area (Å²) in [5.41, 5.74) is 0.381. The van der Waals surface area contributed by atoms with Crippen LogP contribution in [0.4, 0.5) is 0 Å². The minimum absolute atomic E-state index is 0.174. The lowest BCUT2D eigenvalue weighted by Crippen LogP contribution is -2.07. The van der Waals surface area contributed by atoms with Gasteiger partial charge in [0.15, 0.2) is 5.76 Å². The number of hydrogen-bond donors (Lipinski definition) is 0. The SMILES string of the molecule is O=C(C1=CCCO1)c1ncc(Br)cc1Br. The van der Waals surface area contributed by atoms with Crippen LogP contribution in [-0.2, 0) is 4.74 Å². The van der Waals surface area contributed by atoms with Crippen molar-refractivity contribution in [2.75, 3.05) is 6.61 Å². The highest BCUT2D eigenvalue weighted by Gasteiger charge is 2.20. The normalized spacial score (nSPS) is 14.7. The number of carbonyl (C=O) groups excluding carboxylic acids is 1. The molecule has 0 amide bonds. The number of halogens is 2. The summed E-state index contributed by atoms with van der Waals surface area (Å²) in [6.07, 6.45) is 4.17. The Bertz CT molecular complexity index is 443. The molecule has 0 spiro atoms. The van der Waals surface area contributed by atoms with Gasteiger partial charge in [-0.1, -0.05) is 0 Å². The standard InChI is InChI=1S/C10H7Br2NO2/c11-6-4-7(12)9(13-5-6)10(14)8-2-1-3-15-8/h2,4-5H,1,3H2. The molecule has 1 aliphatic heterocycles. The van der Waals surface area contributed by atoms with Crippen LogP contribution < -0.4 is 0 Å². The van der Waals surface area contributed by atoms with Crippen LogP contribution in [0.2, 0.25) is 0 Å². The van der Waals surface area contributed by atoms with Gasteiger partial charge in [0.25, 0.3) is 0 Å². The maximum atomic E-state index is 11.9. The highest BCUT2D eigenvalue weighted by molar-refractivity contribution is 9.11. The van der Waals surface area contributed by atoms with Gasteiger partial charge in [0.2, 0.25) is 5.78 Å². The van der Waals surface area contributed by atoms with Crippen molar-refractivity contribution < 1.29 is 9.53 Å². The summed E-state index contributed by atoms with van der Waals surface area (Å²) < 4.78 is 6.68. The van der Waals surface area contributed by atoms with Crippen molar-refractivity contribution >= 4 is 37.6 Å². The predicted octanol–water partition coefficient (Wildman–Crippen LogP) is 3.09. The largest absolute Gasteiger partial charge is 0.489 e. The zero-order valence-corrected chi connectivity index (χ0v) is 10.8.